The molecular formula is C17H28N4S. The summed E-state index contributed by atoms with van der Waals surface area (Å²) in [6.07, 6.45) is 4.26. The van der Waals surface area contributed by atoms with Crippen molar-refractivity contribution in [1.82, 2.24) is 15.2 Å². The molecule has 22 heavy (non-hydrogen) atoms. The minimum atomic E-state index is 0.655. The lowest BCUT2D eigenvalue weighted by atomic mass is 9.92. The average Bonchev–Trinajstić information content (AvgIpc) is 2.45. The van der Waals surface area contributed by atoms with E-state index < -0.39 is 0 Å². The van der Waals surface area contributed by atoms with Crippen LogP contribution in [-0.2, 0) is 0 Å². The number of aryl methyl sites for hydroxylation is 1. The summed E-state index contributed by atoms with van der Waals surface area (Å²) < 4.78 is 0. The average molecular weight is 321 g/mol. The first-order valence-corrected chi connectivity index (χ1v) is 8.64. The largest absolute Gasteiger partial charge is 0.362 e. The maximum atomic E-state index is 5.33. The first-order valence-electron chi connectivity index (χ1n) is 8.23. The van der Waals surface area contributed by atoms with Gasteiger partial charge in [0.15, 0.2) is 5.11 Å². The summed E-state index contributed by atoms with van der Waals surface area (Å²) in [7, 11) is 0. The number of aromatic nitrogens is 1. The zero-order valence-corrected chi connectivity index (χ0v) is 14.7. The van der Waals surface area contributed by atoms with Gasteiger partial charge in [-0.1, -0.05) is 19.9 Å². The third kappa shape index (κ3) is 5.54. The van der Waals surface area contributed by atoms with Crippen LogP contribution in [0.25, 0.3) is 0 Å². The van der Waals surface area contributed by atoms with Crippen molar-refractivity contribution in [3.05, 3.63) is 23.9 Å². The van der Waals surface area contributed by atoms with Crippen LogP contribution >= 0.6 is 12.2 Å². The molecule has 0 aliphatic carbocycles. The van der Waals surface area contributed by atoms with Crippen LogP contribution < -0.4 is 10.6 Å². The van der Waals surface area contributed by atoms with Crippen molar-refractivity contribution in [3.8, 4) is 0 Å². The van der Waals surface area contributed by atoms with Crippen LogP contribution in [-0.4, -0.2) is 41.2 Å². The van der Waals surface area contributed by atoms with Gasteiger partial charge in [0.1, 0.15) is 5.82 Å². The number of nitrogens with one attached hydrogen (secondary N) is 2. The first kappa shape index (κ1) is 17.2. The molecule has 2 unspecified atom stereocenters. The van der Waals surface area contributed by atoms with Crippen LogP contribution in [0.4, 0.5) is 5.82 Å². The Morgan fingerprint density at radius 1 is 1.36 bits per heavy atom. The molecule has 122 valence electrons. The zero-order chi connectivity index (χ0) is 15.9. The van der Waals surface area contributed by atoms with E-state index in [1.165, 1.54) is 19.5 Å². The van der Waals surface area contributed by atoms with Gasteiger partial charge in [-0.2, -0.15) is 0 Å². The molecule has 0 saturated carbocycles. The maximum Gasteiger partial charge on any atom is 0.171 e. The molecule has 0 spiro atoms. The Labute approximate surface area is 139 Å². The Bertz CT molecular complexity index is 481. The number of anilines is 1. The number of nitrogens with zero attached hydrogens (tertiary/aromatic N) is 2. The molecule has 2 rings (SSSR count). The smallest absolute Gasteiger partial charge is 0.171 e. The van der Waals surface area contributed by atoms with Crippen molar-refractivity contribution in [2.24, 2.45) is 11.8 Å². The summed E-state index contributed by atoms with van der Waals surface area (Å²) in [6.45, 7) is 11.3. The highest BCUT2D eigenvalue weighted by molar-refractivity contribution is 7.80. The molecule has 0 bridgehead atoms. The van der Waals surface area contributed by atoms with Crippen LogP contribution in [0.3, 0.4) is 0 Å². The summed E-state index contributed by atoms with van der Waals surface area (Å²) in [5, 5.41) is 7.09. The van der Waals surface area contributed by atoms with Gasteiger partial charge in [-0.15, -0.1) is 0 Å². The van der Waals surface area contributed by atoms with Crippen LogP contribution in [0.2, 0.25) is 0 Å². The van der Waals surface area contributed by atoms with E-state index in [1.54, 1.807) is 6.20 Å². The number of hydrogen-bond acceptors (Lipinski definition) is 3. The van der Waals surface area contributed by atoms with Crippen LogP contribution in [0, 0.1) is 18.8 Å². The van der Waals surface area contributed by atoms with E-state index in [-0.39, 0.29) is 0 Å². The molecule has 0 radical (unpaired) electrons. The van der Waals surface area contributed by atoms with Gasteiger partial charge in [0.2, 0.25) is 0 Å². The quantitative estimate of drug-likeness (QED) is 0.644. The molecule has 2 N–H and O–H groups in total. The Balaban J connectivity index is 1.64. The predicted molar refractivity (Wildman–Crippen MR) is 97.2 cm³/mol. The number of piperidine rings is 1. The topological polar surface area (TPSA) is 40.2 Å². The molecule has 1 aromatic rings. The molecule has 1 fully saturated rings. The van der Waals surface area contributed by atoms with Gasteiger partial charge in [-0.3, -0.25) is 0 Å². The van der Waals surface area contributed by atoms with Crippen molar-refractivity contribution < 1.29 is 0 Å². The Kier molecular flexibility index (Phi) is 6.58. The molecular weight excluding hydrogens is 292 g/mol. The minimum Gasteiger partial charge on any atom is -0.362 e. The Morgan fingerprint density at radius 2 is 2.09 bits per heavy atom. The lowest BCUT2D eigenvalue weighted by Gasteiger charge is -2.34. The first-order chi connectivity index (χ1) is 10.5. The second-order valence-electron chi connectivity index (χ2n) is 6.61. The highest BCUT2D eigenvalue weighted by Crippen LogP contribution is 2.20. The molecule has 2 atom stereocenters. The molecule has 1 saturated heterocycles. The van der Waals surface area contributed by atoms with Crippen molar-refractivity contribution in [1.29, 1.82) is 0 Å². The molecule has 5 heteroatoms. The Morgan fingerprint density at radius 3 is 2.77 bits per heavy atom. The fraction of sp³-hybridized carbons (Fsp3) is 0.647. The van der Waals surface area contributed by atoms with E-state index >= 15 is 0 Å². The number of thiocarbonyl (C=S) groups is 1. The summed E-state index contributed by atoms with van der Waals surface area (Å²) in [6, 6.07) is 3.95. The van der Waals surface area contributed by atoms with Gasteiger partial charge in [0.25, 0.3) is 0 Å². The summed E-state index contributed by atoms with van der Waals surface area (Å²) in [5.74, 6) is 2.48. The van der Waals surface area contributed by atoms with E-state index in [1.807, 2.05) is 19.1 Å². The van der Waals surface area contributed by atoms with Gasteiger partial charge in [-0.05, 0) is 62.0 Å². The lowest BCUT2D eigenvalue weighted by molar-refractivity contribution is 0.140. The van der Waals surface area contributed by atoms with Gasteiger partial charge in [0.05, 0.1) is 0 Å². The SMILES string of the molecule is Cc1cccnc1NC(=S)NCCCN1CC(C)CC(C)C1. The Hall–Kier alpha value is -1.20. The second kappa shape index (κ2) is 8.44. The van der Waals surface area contributed by atoms with E-state index in [0.717, 1.165) is 42.7 Å². The highest BCUT2D eigenvalue weighted by Gasteiger charge is 2.20. The van der Waals surface area contributed by atoms with E-state index in [4.69, 9.17) is 12.2 Å². The molecule has 1 aliphatic heterocycles. The number of pyridine rings is 1. The van der Waals surface area contributed by atoms with E-state index in [0.29, 0.717) is 5.11 Å². The molecule has 0 aromatic carbocycles. The summed E-state index contributed by atoms with van der Waals surface area (Å²) in [4.78, 5) is 6.87. The van der Waals surface area contributed by atoms with Gasteiger partial charge >= 0.3 is 0 Å². The molecule has 1 aromatic heterocycles. The van der Waals surface area contributed by atoms with Gasteiger partial charge in [0, 0.05) is 25.8 Å². The van der Waals surface area contributed by atoms with Crippen molar-refractivity contribution in [3.63, 3.8) is 0 Å². The molecule has 2 heterocycles. The van der Waals surface area contributed by atoms with Crippen LogP contribution in [0.5, 0.6) is 0 Å². The normalized spacial score (nSPS) is 22.3. The van der Waals surface area contributed by atoms with E-state index in [9.17, 15) is 0 Å². The van der Waals surface area contributed by atoms with Gasteiger partial charge in [-0.25, -0.2) is 4.98 Å². The fourth-order valence-electron chi connectivity index (χ4n) is 3.25. The summed E-state index contributed by atoms with van der Waals surface area (Å²) >= 11 is 5.33. The number of hydrogen-bond donors (Lipinski definition) is 2. The standard InChI is InChI=1S/C17H28N4S/c1-13-10-14(2)12-21(11-13)9-5-8-19-17(22)20-16-15(3)6-4-7-18-16/h4,6-7,13-14H,5,8-12H2,1-3H3,(H2,18,19,20,22). The second-order valence-corrected chi connectivity index (χ2v) is 7.02. The van der Waals surface area contributed by atoms with Crippen molar-refractivity contribution in [2.75, 3.05) is 31.5 Å². The minimum absolute atomic E-state index is 0.655. The highest BCUT2D eigenvalue weighted by atomic mass is 32.1. The molecule has 4 nitrogen and oxygen atoms in total. The third-order valence-electron chi connectivity index (χ3n) is 4.12. The van der Waals surface area contributed by atoms with Crippen molar-refractivity contribution in [2.45, 2.75) is 33.6 Å². The molecule has 0 amide bonds. The maximum absolute atomic E-state index is 5.33. The van der Waals surface area contributed by atoms with Crippen LogP contribution in [0.1, 0.15) is 32.3 Å². The third-order valence-corrected chi connectivity index (χ3v) is 4.37. The predicted octanol–water partition coefficient (Wildman–Crippen LogP) is 3.04. The number of rotatable bonds is 5. The molecule has 1 aliphatic rings. The van der Waals surface area contributed by atoms with Crippen molar-refractivity contribution >= 4 is 23.1 Å². The monoisotopic (exact) mass is 320 g/mol. The van der Waals surface area contributed by atoms with E-state index in [2.05, 4.69) is 34.4 Å². The summed E-state index contributed by atoms with van der Waals surface area (Å²) in [5.41, 5.74) is 1.10. The zero-order valence-electron chi connectivity index (χ0n) is 13.9. The lowest BCUT2D eigenvalue weighted by Crippen LogP contribution is -2.40. The number of likely N-dealkylation sites (tertiary alicyclic amines) is 1. The fourth-order valence-corrected chi connectivity index (χ4v) is 3.45. The van der Waals surface area contributed by atoms with Crippen LogP contribution in [0.15, 0.2) is 18.3 Å². The van der Waals surface area contributed by atoms with Gasteiger partial charge < -0.3 is 15.5 Å².